The average Bonchev–Trinajstić information content (AvgIpc) is 2.35. The summed E-state index contributed by atoms with van der Waals surface area (Å²) in [6.07, 6.45) is 0. The number of aryl methyl sites for hydroxylation is 1. The smallest absolute Gasteiger partial charge is 0.215 e. The summed E-state index contributed by atoms with van der Waals surface area (Å²) in [6, 6.07) is 0. The first kappa shape index (κ1) is 12.4. The Bertz CT molecular complexity index is 415. The number of aromatic amines is 1. The van der Waals surface area contributed by atoms with Crippen molar-refractivity contribution in [3.63, 3.8) is 0 Å². The molecule has 17 heavy (non-hydrogen) atoms. The van der Waals surface area contributed by atoms with E-state index in [4.69, 9.17) is 17.0 Å². The molecule has 1 aromatic heterocycles. The molecule has 0 unspecified atom stereocenters. The van der Waals surface area contributed by atoms with E-state index in [-0.39, 0.29) is 0 Å². The van der Waals surface area contributed by atoms with Crippen molar-refractivity contribution in [3.8, 4) is 0 Å². The van der Waals surface area contributed by atoms with Gasteiger partial charge in [0.15, 0.2) is 5.82 Å². The summed E-state index contributed by atoms with van der Waals surface area (Å²) in [5.41, 5.74) is 0.834. The molecule has 0 bridgehead atoms. The van der Waals surface area contributed by atoms with E-state index in [0.29, 0.717) is 4.77 Å². The van der Waals surface area contributed by atoms with Crippen LogP contribution in [-0.2, 0) is 4.74 Å². The van der Waals surface area contributed by atoms with Crippen molar-refractivity contribution in [1.29, 1.82) is 0 Å². The van der Waals surface area contributed by atoms with Crippen molar-refractivity contribution < 1.29 is 4.74 Å². The lowest BCUT2D eigenvalue weighted by molar-refractivity contribution is 0.0398. The summed E-state index contributed by atoms with van der Waals surface area (Å²) in [5, 5.41) is 9.98. The lowest BCUT2D eigenvalue weighted by atomic mass is 10.4. The molecular weight excluding hydrogens is 238 g/mol. The van der Waals surface area contributed by atoms with Crippen molar-refractivity contribution in [2.24, 2.45) is 0 Å². The van der Waals surface area contributed by atoms with E-state index in [9.17, 15) is 0 Å². The highest BCUT2D eigenvalue weighted by atomic mass is 32.1. The number of anilines is 1. The first-order valence-electron chi connectivity index (χ1n) is 5.73. The summed E-state index contributed by atoms with van der Waals surface area (Å²) < 4.78 is 5.70. The zero-order valence-electron chi connectivity index (χ0n) is 9.90. The van der Waals surface area contributed by atoms with E-state index >= 15 is 0 Å². The molecule has 7 heteroatoms. The second-order valence-electron chi connectivity index (χ2n) is 3.96. The van der Waals surface area contributed by atoms with Crippen LogP contribution in [-0.4, -0.2) is 59.5 Å². The quantitative estimate of drug-likeness (QED) is 0.768. The van der Waals surface area contributed by atoms with Crippen molar-refractivity contribution >= 4 is 18.0 Å². The summed E-state index contributed by atoms with van der Waals surface area (Å²) in [4.78, 5) is 6.56. The minimum Gasteiger partial charge on any atom is -0.379 e. The van der Waals surface area contributed by atoms with Crippen LogP contribution in [0.1, 0.15) is 5.69 Å². The van der Waals surface area contributed by atoms with Crippen LogP contribution in [0.5, 0.6) is 0 Å². The van der Waals surface area contributed by atoms with Gasteiger partial charge < -0.3 is 10.1 Å². The number of H-pyrrole nitrogens is 1. The third kappa shape index (κ3) is 3.72. The van der Waals surface area contributed by atoms with Crippen LogP contribution in [0.15, 0.2) is 0 Å². The van der Waals surface area contributed by atoms with E-state index in [2.05, 4.69) is 25.4 Å². The van der Waals surface area contributed by atoms with Gasteiger partial charge in [0.2, 0.25) is 4.77 Å². The van der Waals surface area contributed by atoms with Gasteiger partial charge in [-0.2, -0.15) is 10.1 Å². The van der Waals surface area contributed by atoms with Gasteiger partial charge in [-0.05, 0) is 19.1 Å². The maximum atomic E-state index is 5.30. The van der Waals surface area contributed by atoms with Gasteiger partial charge in [0, 0.05) is 26.2 Å². The number of ether oxygens (including phenoxy) is 1. The lowest BCUT2D eigenvalue weighted by Gasteiger charge is -2.26. The first-order valence-corrected chi connectivity index (χ1v) is 6.14. The van der Waals surface area contributed by atoms with Gasteiger partial charge in [-0.1, -0.05) is 0 Å². The van der Waals surface area contributed by atoms with Gasteiger partial charge >= 0.3 is 0 Å². The number of aromatic nitrogens is 3. The van der Waals surface area contributed by atoms with Crippen LogP contribution in [0.4, 0.5) is 5.82 Å². The Labute approximate surface area is 105 Å². The number of hydrogen-bond donors (Lipinski definition) is 2. The zero-order chi connectivity index (χ0) is 12.1. The van der Waals surface area contributed by atoms with Gasteiger partial charge in [-0.25, -0.2) is 0 Å². The number of nitrogens with one attached hydrogen (secondary N) is 2. The molecule has 1 aliphatic heterocycles. The van der Waals surface area contributed by atoms with E-state index in [0.717, 1.165) is 50.9 Å². The van der Waals surface area contributed by atoms with Crippen molar-refractivity contribution in [3.05, 3.63) is 10.5 Å². The largest absolute Gasteiger partial charge is 0.379 e. The number of nitrogens with zero attached hydrogens (tertiary/aromatic N) is 3. The van der Waals surface area contributed by atoms with Crippen LogP contribution < -0.4 is 5.32 Å². The third-order valence-corrected chi connectivity index (χ3v) is 2.88. The summed E-state index contributed by atoms with van der Waals surface area (Å²) in [6.45, 7) is 7.38. The van der Waals surface area contributed by atoms with E-state index in [1.165, 1.54) is 0 Å². The molecule has 1 aromatic rings. The molecule has 0 spiro atoms. The molecule has 2 rings (SSSR count). The third-order valence-electron chi connectivity index (χ3n) is 2.70. The van der Waals surface area contributed by atoms with Crippen molar-refractivity contribution in [2.75, 3.05) is 44.7 Å². The normalized spacial score (nSPS) is 17.0. The molecule has 0 radical (unpaired) electrons. The zero-order valence-corrected chi connectivity index (χ0v) is 10.7. The van der Waals surface area contributed by atoms with Crippen LogP contribution in [0.3, 0.4) is 0 Å². The second-order valence-corrected chi connectivity index (χ2v) is 4.34. The number of morpholine rings is 1. The van der Waals surface area contributed by atoms with E-state index < -0.39 is 0 Å². The highest BCUT2D eigenvalue weighted by molar-refractivity contribution is 7.71. The predicted octanol–water partition coefficient (Wildman–Crippen LogP) is 0.587. The number of rotatable bonds is 4. The minimum absolute atomic E-state index is 0.407. The molecule has 2 heterocycles. The Kier molecular flexibility index (Phi) is 4.41. The van der Waals surface area contributed by atoms with Gasteiger partial charge in [0.25, 0.3) is 0 Å². The molecule has 0 aliphatic carbocycles. The second kappa shape index (κ2) is 6.04. The molecule has 94 valence electrons. The fraction of sp³-hybridized carbons (Fsp3) is 0.700. The van der Waals surface area contributed by atoms with Crippen molar-refractivity contribution in [1.82, 2.24) is 20.1 Å². The maximum absolute atomic E-state index is 5.30. The lowest BCUT2D eigenvalue weighted by Crippen LogP contribution is -2.39. The van der Waals surface area contributed by atoms with Crippen LogP contribution in [0.25, 0.3) is 0 Å². The molecule has 0 atom stereocenters. The molecule has 0 amide bonds. The molecule has 0 saturated carbocycles. The summed E-state index contributed by atoms with van der Waals surface area (Å²) in [5.74, 6) is 0.766. The molecule has 1 saturated heterocycles. The van der Waals surface area contributed by atoms with Crippen LogP contribution >= 0.6 is 12.2 Å². The standard InChI is InChI=1S/C10H17N5OS/c1-8-9(12-10(17)14-13-8)11-2-3-15-4-6-16-7-5-15/h2-7H2,1H3,(H2,11,12,14,17). The molecule has 2 N–H and O–H groups in total. The van der Waals surface area contributed by atoms with Crippen molar-refractivity contribution in [2.45, 2.75) is 6.92 Å². The van der Waals surface area contributed by atoms with Crippen LogP contribution in [0.2, 0.25) is 0 Å². The minimum atomic E-state index is 0.407. The highest BCUT2D eigenvalue weighted by Gasteiger charge is 2.09. The Balaban J connectivity index is 1.81. The molecule has 6 nitrogen and oxygen atoms in total. The molecule has 1 aliphatic rings. The van der Waals surface area contributed by atoms with Gasteiger partial charge in [-0.15, -0.1) is 0 Å². The Morgan fingerprint density at radius 1 is 1.47 bits per heavy atom. The summed E-state index contributed by atoms with van der Waals surface area (Å²) in [7, 11) is 0. The Morgan fingerprint density at radius 3 is 3.00 bits per heavy atom. The summed E-state index contributed by atoms with van der Waals surface area (Å²) >= 11 is 4.94. The average molecular weight is 255 g/mol. The van der Waals surface area contributed by atoms with Gasteiger partial charge in [0.05, 0.1) is 18.9 Å². The fourth-order valence-corrected chi connectivity index (χ4v) is 1.85. The van der Waals surface area contributed by atoms with Crippen LogP contribution in [0, 0.1) is 11.7 Å². The fourth-order valence-electron chi connectivity index (χ4n) is 1.72. The Hall–Kier alpha value is -1.05. The maximum Gasteiger partial charge on any atom is 0.215 e. The number of hydrogen-bond acceptors (Lipinski definition) is 6. The molecule has 1 fully saturated rings. The topological polar surface area (TPSA) is 66.1 Å². The molecular formula is C10H17N5OS. The highest BCUT2D eigenvalue weighted by Crippen LogP contribution is 2.05. The van der Waals surface area contributed by atoms with E-state index in [1.807, 2.05) is 6.92 Å². The van der Waals surface area contributed by atoms with Gasteiger partial charge in [0.1, 0.15) is 0 Å². The molecule has 0 aromatic carbocycles. The first-order chi connectivity index (χ1) is 8.25. The van der Waals surface area contributed by atoms with E-state index in [1.54, 1.807) is 0 Å². The van der Waals surface area contributed by atoms with Gasteiger partial charge in [-0.3, -0.25) is 10.00 Å². The SMILES string of the molecule is Cc1n[nH]c(=S)nc1NCCN1CCOCC1. The monoisotopic (exact) mass is 255 g/mol. The Morgan fingerprint density at radius 2 is 2.24 bits per heavy atom. The predicted molar refractivity (Wildman–Crippen MR) is 67.7 cm³/mol.